The van der Waals surface area contributed by atoms with Gasteiger partial charge in [0.2, 0.25) is 0 Å². The molecule has 2 aromatic carbocycles. The zero-order valence-corrected chi connectivity index (χ0v) is 16.1. The van der Waals surface area contributed by atoms with Gasteiger partial charge in [-0.25, -0.2) is 4.79 Å². The summed E-state index contributed by atoms with van der Waals surface area (Å²) < 4.78 is 1.30. The number of fused-ring (bicyclic) bond motifs is 2. The Kier molecular flexibility index (Phi) is 4.34. The largest absolute Gasteiger partial charge is 0.320 e. The molecule has 0 saturated carbocycles. The first-order valence-corrected chi connectivity index (χ1v) is 10.4. The maximum atomic E-state index is 12.9. The molecule has 2 fully saturated rings. The van der Waals surface area contributed by atoms with Crippen molar-refractivity contribution < 1.29 is 4.79 Å². The summed E-state index contributed by atoms with van der Waals surface area (Å²) in [6, 6.07) is 21.8. The lowest BCUT2D eigenvalue weighted by atomic mass is 10.1. The van der Waals surface area contributed by atoms with Gasteiger partial charge in [-0.3, -0.25) is 4.90 Å². The predicted molar refractivity (Wildman–Crippen MR) is 110 cm³/mol. The van der Waals surface area contributed by atoms with Crippen molar-refractivity contribution in [1.82, 2.24) is 14.7 Å². The molecule has 0 unspecified atom stereocenters. The first kappa shape index (κ1) is 16.8. The zero-order chi connectivity index (χ0) is 18.2. The molecule has 0 bridgehead atoms. The average molecular weight is 378 g/mol. The molecule has 5 rings (SSSR count). The number of piperazine rings is 1. The van der Waals surface area contributed by atoms with Gasteiger partial charge < -0.3 is 9.80 Å². The Balaban J connectivity index is 1.26. The van der Waals surface area contributed by atoms with E-state index in [9.17, 15) is 4.79 Å². The van der Waals surface area contributed by atoms with Crippen LogP contribution in [0, 0.1) is 0 Å². The lowest BCUT2D eigenvalue weighted by Crippen LogP contribution is -2.51. The molecule has 2 saturated heterocycles. The van der Waals surface area contributed by atoms with Crippen LogP contribution in [-0.4, -0.2) is 53.0 Å². The highest BCUT2D eigenvalue weighted by atomic mass is 32.1. The first-order chi connectivity index (χ1) is 13.3. The number of hydrogen-bond acceptors (Lipinski definition) is 3. The standard InChI is InChI=1S/C22H23N3OS/c26-22-24(16-20-12-18-8-4-5-9-21(18)27-20)15-19-14-23(10-11-25(19)22)13-17-6-2-1-3-7-17/h1-9,12,19H,10-11,13-16H2/t19-/m1/s1. The molecule has 1 aromatic heterocycles. The highest BCUT2D eigenvalue weighted by Crippen LogP contribution is 2.29. The van der Waals surface area contributed by atoms with E-state index in [1.807, 2.05) is 4.90 Å². The number of carbonyl (C=O) groups is 1. The Morgan fingerprint density at radius 3 is 2.59 bits per heavy atom. The number of carbonyl (C=O) groups excluding carboxylic acids is 1. The van der Waals surface area contributed by atoms with Gasteiger partial charge in [-0.2, -0.15) is 0 Å². The van der Waals surface area contributed by atoms with Crippen molar-refractivity contribution in [3.05, 3.63) is 71.1 Å². The monoisotopic (exact) mass is 377 g/mol. The van der Waals surface area contributed by atoms with Crippen molar-refractivity contribution in [3.8, 4) is 0 Å². The van der Waals surface area contributed by atoms with Crippen LogP contribution in [0.3, 0.4) is 0 Å². The molecule has 3 aromatic rings. The van der Waals surface area contributed by atoms with E-state index >= 15 is 0 Å². The third-order valence-electron chi connectivity index (χ3n) is 5.59. The van der Waals surface area contributed by atoms with Crippen LogP contribution in [0.4, 0.5) is 4.79 Å². The number of benzene rings is 2. The van der Waals surface area contributed by atoms with Gasteiger partial charge in [-0.05, 0) is 23.1 Å². The Hall–Kier alpha value is -2.37. The quantitative estimate of drug-likeness (QED) is 0.686. The summed E-state index contributed by atoms with van der Waals surface area (Å²) in [5, 5.41) is 1.27. The van der Waals surface area contributed by atoms with Crippen molar-refractivity contribution in [2.45, 2.75) is 19.1 Å². The molecule has 4 nitrogen and oxygen atoms in total. The van der Waals surface area contributed by atoms with E-state index in [0.717, 1.165) is 39.3 Å². The fraction of sp³-hybridized carbons (Fsp3) is 0.318. The fourth-order valence-electron chi connectivity index (χ4n) is 4.26. The molecule has 2 aliphatic rings. The van der Waals surface area contributed by atoms with Crippen molar-refractivity contribution >= 4 is 27.5 Å². The molecule has 5 heteroatoms. The van der Waals surface area contributed by atoms with Crippen LogP contribution in [-0.2, 0) is 13.1 Å². The third kappa shape index (κ3) is 3.33. The van der Waals surface area contributed by atoms with E-state index in [1.54, 1.807) is 11.3 Å². The maximum Gasteiger partial charge on any atom is 0.320 e. The van der Waals surface area contributed by atoms with Gasteiger partial charge in [0.05, 0.1) is 12.6 Å². The van der Waals surface area contributed by atoms with Gasteiger partial charge >= 0.3 is 6.03 Å². The Bertz CT molecular complexity index is 921. The number of amides is 2. The second-order valence-corrected chi connectivity index (χ2v) is 8.65. The second-order valence-electron chi connectivity index (χ2n) is 7.48. The summed E-state index contributed by atoms with van der Waals surface area (Å²) in [4.78, 5) is 20.7. The SMILES string of the molecule is O=C1N(Cc2cc3ccccc3s2)C[C@H]2CN(Cc3ccccc3)CCN12. The van der Waals surface area contributed by atoms with Crippen molar-refractivity contribution in [2.24, 2.45) is 0 Å². The smallest absolute Gasteiger partial charge is 0.317 e. The molecule has 0 N–H and O–H groups in total. The highest BCUT2D eigenvalue weighted by Gasteiger charge is 2.40. The van der Waals surface area contributed by atoms with Crippen LogP contribution in [0.15, 0.2) is 60.7 Å². The summed E-state index contributed by atoms with van der Waals surface area (Å²) in [6.45, 7) is 5.27. The summed E-state index contributed by atoms with van der Waals surface area (Å²) in [7, 11) is 0. The van der Waals surface area contributed by atoms with Gasteiger partial charge in [0.15, 0.2) is 0 Å². The molecule has 138 valence electrons. The molecular weight excluding hydrogens is 354 g/mol. The molecule has 2 aliphatic heterocycles. The first-order valence-electron chi connectivity index (χ1n) is 9.55. The lowest BCUT2D eigenvalue weighted by molar-refractivity contribution is 0.116. The molecule has 3 heterocycles. The van der Waals surface area contributed by atoms with Crippen LogP contribution in [0.2, 0.25) is 0 Å². The van der Waals surface area contributed by atoms with E-state index < -0.39 is 0 Å². The van der Waals surface area contributed by atoms with Gasteiger partial charge in [0, 0.05) is 42.3 Å². The van der Waals surface area contributed by atoms with Crippen LogP contribution >= 0.6 is 11.3 Å². The zero-order valence-electron chi connectivity index (χ0n) is 15.3. The van der Waals surface area contributed by atoms with E-state index in [2.05, 4.69) is 70.5 Å². The molecule has 0 radical (unpaired) electrons. The van der Waals surface area contributed by atoms with Gasteiger partial charge in [-0.1, -0.05) is 48.5 Å². The number of thiophene rings is 1. The van der Waals surface area contributed by atoms with Gasteiger partial charge in [0.25, 0.3) is 0 Å². The minimum atomic E-state index is 0.205. The van der Waals surface area contributed by atoms with E-state index in [4.69, 9.17) is 0 Å². The van der Waals surface area contributed by atoms with E-state index in [-0.39, 0.29) is 6.03 Å². The highest BCUT2D eigenvalue weighted by molar-refractivity contribution is 7.19. The fourth-order valence-corrected chi connectivity index (χ4v) is 5.34. The summed E-state index contributed by atoms with van der Waals surface area (Å²) in [6.07, 6.45) is 0. The Labute approximate surface area is 163 Å². The minimum absolute atomic E-state index is 0.205. The molecule has 0 spiro atoms. The molecule has 1 atom stereocenters. The predicted octanol–water partition coefficient (Wildman–Crippen LogP) is 4.02. The van der Waals surface area contributed by atoms with Crippen LogP contribution in [0.5, 0.6) is 0 Å². The average Bonchev–Trinajstić information content (AvgIpc) is 3.23. The van der Waals surface area contributed by atoms with E-state index in [0.29, 0.717) is 6.04 Å². The normalized spacial score (nSPS) is 20.4. The number of urea groups is 1. The minimum Gasteiger partial charge on any atom is -0.317 e. The lowest BCUT2D eigenvalue weighted by Gasteiger charge is -2.36. The molecular formula is C22H23N3OS. The molecule has 2 amide bonds. The van der Waals surface area contributed by atoms with Crippen LogP contribution in [0.25, 0.3) is 10.1 Å². The molecule has 0 aliphatic carbocycles. The van der Waals surface area contributed by atoms with Crippen LogP contribution < -0.4 is 0 Å². The van der Waals surface area contributed by atoms with Crippen molar-refractivity contribution in [3.63, 3.8) is 0 Å². The van der Waals surface area contributed by atoms with Gasteiger partial charge in [0.1, 0.15) is 0 Å². The molecule has 27 heavy (non-hydrogen) atoms. The number of rotatable bonds is 4. The van der Waals surface area contributed by atoms with Crippen molar-refractivity contribution in [1.29, 1.82) is 0 Å². The third-order valence-corrected chi connectivity index (χ3v) is 6.69. The number of nitrogens with zero attached hydrogens (tertiary/aromatic N) is 3. The van der Waals surface area contributed by atoms with Crippen LogP contribution in [0.1, 0.15) is 10.4 Å². The summed E-state index contributed by atoms with van der Waals surface area (Å²) in [5.74, 6) is 0. The Morgan fingerprint density at radius 1 is 0.926 bits per heavy atom. The summed E-state index contributed by atoms with van der Waals surface area (Å²) in [5.41, 5.74) is 1.34. The van der Waals surface area contributed by atoms with Crippen molar-refractivity contribution in [2.75, 3.05) is 26.2 Å². The maximum absolute atomic E-state index is 12.9. The van der Waals surface area contributed by atoms with E-state index in [1.165, 1.54) is 20.5 Å². The second kappa shape index (κ2) is 6.98. The van der Waals surface area contributed by atoms with Gasteiger partial charge in [-0.15, -0.1) is 11.3 Å². The number of hydrogen-bond donors (Lipinski definition) is 0. The topological polar surface area (TPSA) is 26.8 Å². The summed E-state index contributed by atoms with van der Waals surface area (Å²) >= 11 is 1.80. The Morgan fingerprint density at radius 2 is 1.74 bits per heavy atom.